The molecule has 2 rings (SSSR count). The van der Waals surface area contributed by atoms with Crippen LogP contribution in [0.25, 0.3) is 0 Å². The Hall–Kier alpha value is -2.01. The van der Waals surface area contributed by atoms with E-state index in [1.807, 2.05) is 0 Å². The van der Waals surface area contributed by atoms with E-state index >= 15 is 0 Å². The number of hydrogen-bond acceptors (Lipinski definition) is 3. The Morgan fingerprint density at radius 3 is 2.71 bits per heavy atom. The Labute approximate surface area is 127 Å². The number of carboxylic acids is 1. The third-order valence-corrected chi connectivity index (χ3v) is 3.55. The Kier molecular flexibility index (Phi) is 4.85. The van der Waals surface area contributed by atoms with E-state index < -0.39 is 18.0 Å². The van der Waals surface area contributed by atoms with Gasteiger partial charge in [0.05, 0.1) is 10.9 Å². The van der Waals surface area contributed by atoms with Crippen LogP contribution in [0.5, 0.6) is 5.75 Å². The highest BCUT2D eigenvalue weighted by molar-refractivity contribution is 6.32. The molecule has 0 bridgehead atoms. The molecule has 21 heavy (non-hydrogen) atoms. The van der Waals surface area contributed by atoms with Gasteiger partial charge in [-0.05, 0) is 25.5 Å². The highest BCUT2D eigenvalue weighted by Crippen LogP contribution is 2.24. The van der Waals surface area contributed by atoms with Gasteiger partial charge in [-0.25, -0.2) is 0 Å². The Balaban J connectivity index is 1.88. The second kappa shape index (κ2) is 6.63. The largest absolute Gasteiger partial charge is 0.481 e. The first-order valence-electron chi connectivity index (χ1n) is 6.60. The van der Waals surface area contributed by atoms with E-state index in [4.69, 9.17) is 21.4 Å². The van der Waals surface area contributed by atoms with E-state index in [1.165, 1.54) is 0 Å². The minimum absolute atomic E-state index is 0.282. The van der Waals surface area contributed by atoms with Crippen LogP contribution < -0.4 is 10.1 Å². The van der Waals surface area contributed by atoms with Crippen LogP contribution in [0.15, 0.2) is 36.4 Å². The van der Waals surface area contributed by atoms with Crippen LogP contribution in [0, 0.1) is 5.92 Å². The zero-order valence-corrected chi connectivity index (χ0v) is 12.2. The fourth-order valence-corrected chi connectivity index (χ4v) is 2.25. The van der Waals surface area contributed by atoms with Crippen molar-refractivity contribution in [2.45, 2.75) is 25.5 Å². The molecule has 5 nitrogen and oxygen atoms in total. The van der Waals surface area contributed by atoms with Crippen LogP contribution >= 0.6 is 11.6 Å². The molecule has 0 heterocycles. The van der Waals surface area contributed by atoms with Crippen molar-refractivity contribution in [3.8, 4) is 5.75 Å². The highest BCUT2D eigenvalue weighted by Gasteiger charge is 2.27. The van der Waals surface area contributed by atoms with E-state index in [2.05, 4.69) is 5.32 Å². The molecule has 0 aliphatic heterocycles. The fraction of sp³-hybridized carbons (Fsp3) is 0.333. The van der Waals surface area contributed by atoms with E-state index in [9.17, 15) is 9.59 Å². The van der Waals surface area contributed by atoms with Crippen molar-refractivity contribution in [1.82, 2.24) is 5.32 Å². The van der Waals surface area contributed by atoms with Gasteiger partial charge >= 0.3 is 5.97 Å². The molecule has 1 aliphatic carbocycles. The zero-order chi connectivity index (χ0) is 15.4. The van der Waals surface area contributed by atoms with Crippen LogP contribution in [0.2, 0.25) is 5.02 Å². The van der Waals surface area contributed by atoms with Gasteiger partial charge in [0.2, 0.25) is 0 Å². The highest BCUT2D eigenvalue weighted by atomic mass is 35.5. The van der Waals surface area contributed by atoms with Gasteiger partial charge in [0, 0.05) is 6.04 Å². The number of rotatable bonds is 5. The normalized spacial score (nSPS) is 21.8. The first-order chi connectivity index (χ1) is 9.97. The van der Waals surface area contributed by atoms with Gasteiger partial charge in [-0.2, -0.15) is 0 Å². The van der Waals surface area contributed by atoms with Gasteiger partial charge in [-0.1, -0.05) is 35.9 Å². The quantitative estimate of drug-likeness (QED) is 0.818. The van der Waals surface area contributed by atoms with Crippen molar-refractivity contribution in [3.05, 3.63) is 41.4 Å². The lowest BCUT2D eigenvalue weighted by Gasteiger charge is -2.18. The van der Waals surface area contributed by atoms with Crippen molar-refractivity contribution < 1.29 is 19.4 Å². The SMILES string of the molecule is CC(Oc1ccccc1Cl)C(=O)NC1C=CC(C(=O)O)C1. The molecule has 0 saturated carbocycles. The summed E-state index contributed by atoms with van der Waals surface area (Å²) in [6.45, 7) is 1.62. The van der Waals surface area contributed by atoms with Crippen molar-refractivity contribution >= 4 is 23.5 Å². The van der Waals surface area contributed by atoms with Crippen LogP contribution in [0.3, 0.4) is 0 Å². The van der Waals surface area contributed by atoms with Crippen LogP contribution in [-0.4, -0.2) is 29.1 Å². The average molecular weight is 310 g/mol. The molecular formula is C15H16ClNO4. The maximum Gasteiger partial charge on any atom is 0.310 e. The zero-order valence-electron chi connectivity index (χ0n) is 11.5. The summed E-state index contributed by atoms with van der Waals surface area (Å²) in [4.78, 5) is 22.9. The van der Waals surface area contributed by atoms with Gasteiger partial charge in [0.1, 0.15) is 5.75 Å². The van der Waals surface area contributed by atoms with Crippen LogP contribution in [-0.2, 0) is 9.59 Å². The predicted molar refractivity (Wildman–Crippen MR) is 78.4 cm³/mol. The molecule has 1 amide bonds. The number of nitrogens with one attached hydrogen (secondary N) is 1. The number of amides is 1. The number of carboxylic acid groups (broad SMARTS) is 1. The summed E-state index contributed by atoms with van der Waals surface area (Å²) in [5, 5.41) is 12.1. The summed E-state index contributed by atoms with van der Waals surface area (Å²) in [7, 11) is 0. The van der Waals surface area contributed by atoms with E-state index in [-0.39, 0.29) is 11.9 Å². The molecule has 6 heteroatoms. The third-order valence-electron chi connectivity index (χ3n) is 3.24. The van der Waals surface area contributed by atoms with E-state index in [0.717, 1.165) is 0 Å². The second-order valence-corrected chi connectivity index (χ2v) is 5.28. The summed E-state index contributed by atoms with van der Waals surface area (Å²) in [6.07, 6.45) is 2.92. The van der Waals surface area contributed by atoms with Gasteiger partial charge in [-0.3, -0.25) is 9.59 Å². The maximum absolute atomic E-state index is 12.0. The molecule has 1 aliphatic rings. The molecule has 1 aromatic carbocycles. The Bertz CT molecular complexity index is 573. The first-order valence-corrected chi connectivity index (χ1v) is 6.98. The average Bonchev–Trinajstić information content (AvgIpc) is 2.90. The number of aliphatic carboxylic acids is 1. The van der Waals surface area contributed by atoms with Crippen molar-refractivity contribution in [1.29, 1.82) is 0 Å². The molecular weight excluding hydrogens is 294 g/mol. The van der Waals surface area contributed by atoms with Gasteiger partial charge in [0.15, 0.2) is 6.10 Å². The summed E-state index contributed by atoms with van der Waals surface area (Å²) in [5.74, 6) is -1.30. The van der Waals surface area contributed by atoms with Crippen LogP contribution in [0.1, 0.15) is 13.3 Å². The molecule has 2 N–H and O–H groups in total. The molecule has 0 aromatic heterocycles. The number of carbonyl (C=O) groups is 2. The molecule has 112 valence electrons. The summed E-state index contributed by atoms with van der Waals surface area (Å²) in [6, 6.07) is 6.62. The van der Waals surface area contributed by atoms with Crippen LogP contribution in [0.4, 0.5) is 0 Å². The monoisotopic (exact) mass is 309 g/mol. The van der Waals surface area contributed by atoms with E-state index in [1.54, 1.807) is 43.3 Å². The topological polar surface area (TPSA) is 75.6 Å². The molecule has 0 fully saturated rings. The van der Waals surface area contributed by atoms with Gasteiger partial charge in [0.25, 0.3) is 5.91 Å². The summed E-state index contributed by atoms with van der Waals surface area (Å²) in [5.41, 5.74) is 0. The molecule has 1 aromatic rings. The van der Waals surface area contributed by atoms with Gasteiger partial charge < -0.3 is 15.2 Å². The number of para-hydroxylation sites is 1. The molecule has 0 spiro atoms. The summed E-state index contributed by atoms with van der Waals surface area (Å²) >= 11 is 5.96. The smallest absolute Gasteiger partial charge is 0.310 e. The predicted octanol–water partition coefficient (Wildman–Crippen LogP) is 2.25. The van der Waals surface area contributed by atoms with E-state index in [0.29, 0.717) is 17.2 Å². The summed E-state index contributed by atoms with van der Waals surface area (Å²) < 4.78 is 5.51. The maximum atomic E-state index is 12.0. The lowest BCUT2D eigenvalue weighted by Crippen LogP contribution is -2.41. The van der Waals surface area contributed by atoms with Crippen molar-refractivity contribution in [2.24, 2.45) is 5.92 Å². The Morgan fingerprint density at radius 1 is 1.38 bits per heavy atom. The lowest BCUT2D eigenvalue weighted by atomic mass is 10.1. The molecule has 0 saturated heterocycles. The third kappa shape index (κ3) is 3.98. The minimum Gasteiger partial charge on any atom is -0.481 e. The number of hydrogen-bond donors (Lipinski definition) is 2. The molecule has 3 unspecified atom stereocenters. The van der Waals surface area contributed by atoms with Crippen molar-refractivity contribution in [3.63, 3.8) is 0 Å². The first kappa shape index (κ1) is 15.4. The lowest BCUT2D eigenvalue weighted by molar-refractivity contribution is -0.140. The molecule has 3 atom stereocenters. The van der Waals surface area contributed by atoms with Gasteiger partial charge in [-0.15, -0.1) is 0 Å². The number of carbonyl (C=O) groups excluding carboxylic acids is 1. The number of benzene rings is 1. The fourth-order valence-electron chi connectivity index (χ4n) is 2.07. The van der Waals surface area contributed by atoms with Crippen molar-refractivity contribution in [2.75, 3.05) is 0 Å². The Morgan fingerprint density at radius 2 is 2.10 bits per heavy atom. The molecule has 0 radical (unpaired) electrons. The number of halogens is 1. The standard InChI is InChI=1S/C15H16ClNO4/c1-9(21-13-5-3-2-4-12(13)16)14(18)17-11-7-6-10(8-11)15(19)20/h2-7,9-11H,8H2,1H3,(H,17,18)(H,19,20). The second-order valence-electron chi connectivity index (χ2n) is 4.87. The minimum atomic E-state index is -0.886. The number of ether oxygens (including phenoxy) is 1.